The molecular formula is C9H16N4OS. The maximum atomic E-state index is 9.11. The molecule has 1 aromatic heterocycles. The fourth-order valence-electron chi connectivity index (χ4n) is 1.22. The van der Waals surface area contributed by atoms with Crippen LogP contribution in [0.3, 0.4) is 0 Å². The van der Waals surface area contributed by atoms with Crippen molar-refractivity contribution in [3.63, 3.8) is 0 Å². The van der Waals surface area contributed by atoms with Crippen LogP contribution in [0.1, 0.15) is 6.92 Å². The van der Waals surface area contributed by atoms with Gasteiger partial charge < -0.3 is 16.2 Å². The first kappa shape index (κ1) is 12.1. The number of hydrogen-bond acceptors (Lipinski definition) is 6. The normalized spacial score (nSPS) is 14.6. The van der Waals surface area contributed by atoms with E-state index in [1.807, 2.05) is 13.2 Å². The van der Waals surface area contributed by atoms with E-state index < -0.39 is 0 Å². The molecule has 6 heteroatoms. The number of aliphatic hydroxyl groups excluding tert-OH is 1. The van der Waals surface area contributed by atoms with Crippen LogP contribution in [-0.4, -0.2) is 39.2 Å². The van der Waals surface area contributed by atoms with Gasteiger partial charge in [0.2, 0.25) is 5.95 Å². The summed E-state index contributed by atoms with van der Waals surface area (Å²) in [4.78, 5) is 7.83. The van der Waals surface area contributed by atoms with E-state index in [-0.39, 0.29) is 23.8 Å². The monoisotopic (exact) mass is 228 g/mol. The minimum Gasteiger partial charge on any atom is -0.395 e. The molecule has 0 saturated heterocycles. The van der Waals surface area contributed by atoms with Gasteiger partial charge in [0, 0.05) is 17.5 Å². The highest BCUT2D eigenvalue weighted by Gasteiger charge is 2.15. The fraction of sp³-hybridized carbons (Fsp3) is 0.556. The molecule has 0 radical (unpaired) electrons. The third-order valence-electron chi connectivity index (χ3n) is 2.09. The zero-order chi connectivity index (χ0) is 11.3. The SMILES string of the molecule is CSC(CO)C(C)Nc1ccnc(N)n1. The van der Waals surface area contributed by atoms with Gasteiger partial charge in [0.15, 0.2) is 0 Å². The van der Waals surface area contributed by atoms with Crippen LogP contribution in [0.15, 0.2) is 12.3 Å². The smallest absolute Gasteiger partial charge is 0.221 e. The molecular weight excluding hydrogens is 212 g/mol. The van der Waals surface area contributed by atoms with Crippen molar-refractivity contribution in [1.82, 2.24) is 9.97 Å². The fourth-order valence-corrected chi connectivity index (χ4v) is 1.84. The summed E-state index contributed by atoms with van der Waals surface area (Å²) in [6.45, 7) is 2.13. The third-order valence-corrected chi connectivity index (χ3v) is 3.25. The highest BCUT2D eigenvalue weighted by molar-refractivity contribution is 7.99. The molecule has 2 atom stereocenters. The summed E-state index contributed by atoms with van der Waals surface area (Å²) in [5.74, 6) is 0.930. The quantitative estimate of drug-likeness (QED) is 0.684. The standard InChI is InChI=1S/C9H16N4OS/c1-6(7(5-14)15-2)12-8-3-4-11-9(10)13-8/h3-4,6-7,14H,5H2,1-2H3,(H3,10,11,12,13). The lowest BCUT2D eigenvalue weighted by molar-refractivity contribution is 0.288. The number of aliphatic hydroxyl groups is 1. The van der Waals surface area contributed by atoms with E-state index >= 15 is 0 Å². The van der Waals surface area contributed by atoms with Gasteiger partial charge in [-0.05, 0) is 19.2 Å². The molecule has 0 spiro atoms. The second kappa shape index (κ2) is 5.77. The van der Waals surface area contributed by atoms with Crippen LogP contribution in [0.5, 0.6) is 0 Å². The molecule has 0 fully saturated rings. The zero-order valence-electron chi connectivity index (χ0n) is 8.84. The predicted octanol–water partition coefficient (Wildman–Crippen LogP) is 0.583. The largest absolute Gasteiger partial charge is 0.395 e. The lowest BCUT2D eigenvalue weighted by Gasteiger charge is -2.21. The van der Waals surface area contributed by atoms with E-state index in [0.717, 1.165) is 0 Å². The summed E-state index contributed by atoms with van der Waals surface area (Å²) in [7, 11) is 0. The Labute approximate surface area is 93.5 Å². The van der Waals surface area contributed by atoms with Gasteiger partial charge in [-0.15, -0.1) is 0 Å². The molecule has 0 amide bonds. The molecule has 84 valence electrons. The van der Waals surface area contributed by atoms with Crippen molar-refractivity contribution in [2.75, 3.05) is 23.9 Å². The summed E-state index contributed by atoms with van der Waals surface area (Å²) in [6.07, 6.45) is 3.57. The number of nitrogen functional groups attached to an aromatic ring is 1. The van der Waals surface area contributed by atoms with Crippen molar-refractivity contribution >= 4 is 23.5 Å². The highest BCUT2D eigenvalue weighted by Crippen LogP contribution is 2.14. The molecule has 15 heavy (non-hydrogen) atoms. The van der Waals surface area contributed by atoms with Crippen molar-refractivity contribution in [1.29, 1.82) is 0 Å². The Bertz CT molecular complexity index is 306. The van der Waals surface area contributed by atoms with E-state index in [4.69, 9.17) is 10.8 Å². The molecule has 0 aliphatic rings. The van der Waals surface area contributed by atoms with Gasteiger partial charge in [0.1, 0.15) is 5.82 Å². The predicted molar refractivity (Wildman–Crippen MR) is 63.9 cm³/mol. The van der Waals surface area contributed by atoms with Crippen LogP contribution in [0.4, 0.5) is 11.8 Å². The first-order valence-electron chi connectivity index (χ1n) is 4.66. The number of nitrogens with zero attached hydrogens (tertiary/aromatic N) is 2. The molecule has 1 rings (SSSR count). The number of nitrogens with one attached hydrogen (secondary N) is 1. The minimum absolute atomic E-state index is 0.124. The molecule has 0 aliphatic carbocycles. The molecule has 1 heterocycles. The van der Waals surface area contributed by atoms with Crippen LogP contribution in [0, 0.1) is 0 Å². The number of hydrogen-bond donors (Lipinski definition) is 3. The molecule has 2 unspecified atom stereocenters. The van der Waals surface area contributed by atoms with Crippen molar-refractivity contribution in [2.45, 2.75) is 18.2 Å². The van der Waals surface area contributed by atoms with Gasteiger partial charge in [0.25, 0.3) is 0 Å². The first-order valence-corrected chi connectivity index (χ1v) is 5.95. The van der Waals surface area contributed by atoms with Crippen LogP contribution in [0.2, 0.25) is 0 Å². The van der Waals surface area contributed by atoms with E-state index in [9.17, 15) is 0 Å². The Balaban J connectivity index is 2.61. The zero-order valence-corrected chi connectivity index (χ0v) is 9.66. The Morgan fingerprint density at radius 2 is 2.40 bits per heavy atom. The van der Waals surface area contributed by atoms with Crippen LogP contribution in [0.25, 0.3) is 0 Å². The number of thioether (sulfide) groups is 1. The minimum atomic E-state index is 0.124. The Kier molecular flexibility index (Phi) is 4.64. The van der Waals surface area contributed by atoms with Crippen LogP contribution in [-0.2, 0) is 0 Å². The van der Waals surface area contributed by atoms with E-state index in [1.165, 1.54) is 0 Å². The maximum absolute atomic E-state index is 9.11. The molecule has 0 saturated carbocycles. The van der Waals surface area contributed by atoms with Crippen molar-refractivity contribution < 1.29 is 5.11 Å². The lowest BCUT2D eigenvalue weighted by atomic mass is 10.2. The molecule has 1 aromatic rings. The Hall–Kier alpha value is -1.01. The van der Waals surface area contributed by atoms with Crippen molar-refractivity contribution in [3.8, 4) is 0 Å². The molecule has 0 aromatic carbocycles. The summed E-state index contributed by atoms with van der Waals surface area (Å²) in [6, 6.07) is 1.88. The van der Waals surface area contributed by atoms with Gasteiger partial charge in [-0.2, -0.15) is 16.7 Å². The van der Waals surface area contributed by atoms with Crippen molar-refractivity contribution in [2.24, 2.45) is 0 Å². The topological polar surface area (TPSA) is 84.1 Å². The maximum Gasteiger partial charge on any atom is 0.221 e. The number of anilines is 2. The molecule has 5 nitrogen and oxygen atoms in total. The molecule has 0 bridgehead atoms. The van der Waals surface area contributed by atoms with Gasteiger partial charge in [-0.1, -0.05) is 0 Å². The van der Waals surface area contributed by atoms with Gasteiger partial charge in [-0.25, -0.2) is 4.98 Å². The number of aromatic nitrogens is 2. The lowest BCUT2D eigenvalue weighted by Crippen LogP contribution is -2.31. The average molecular weight is 228 g/mol. The third kappa shape index (κ3) is 3.56. The second-order valence-electron chi connectivity index (χ2n) is 3.19. The van der Waals surface area contributed by atoms with E-state index in [0.29, 0.717) is 5.82 Å². The summed E-state index contributed by atoms with van der Waals surface area (Å²) in [5.41, 5.74) is 5.46. The van der Waals surface area contributed by atoms with Gasteiger partial charge >= 0.3 is 0 Å². The van der Waals surface area contributed by atoms with E-state index in [2.05, 4.69) is 15.3 Å². The number of rotatable bonds is 5. The van der Waals surface area contributed by atoms with Crippen LogP contribution >= 0.6 is 11.8 Å². The van der Waals surface area contributed by atoms with Crippen LogP contribution < -0.4 is 11.1 Å². The average Bonchev–Trinajstić information content (AvgIpc) is 2.19. The highest BCUT2D eigenvalue weighted by atomic mass is 32.2. The number of nitrogens with two attached hydrogens (primary N) is 1. The van der Waals surface area contributed by atoms with Gasteiger partial charge in [-0.3, -0.25) is 0 Å². The molecule has 0 aliphatic heterocycles. The molecule has 4 N–H and O–H groups in total. The van der Waals surface area contributed by atoms with E-state index in [1.54, 1.807) is 24.0 Å². The summed E-state index contributed by atoms with van der Waals surface area (Å²) < 4.78 is 0. The Morgan fingerprint density at radius 3 is 2.93 bits per heavy atom. The first-order chi connectivity index (χ1) is 7.17. The van der Waals surface area contributed by atoms with Crippen molar-refractivity contribution in [3.05, 3.63) is 12.3 Å². The summed E-state index contributed by atoms with van der Waals surface area (Å²) in [5, 5.41) is 12.4. The van der Waals surface area contributed by atoms with Gasteiger partial charge in [0.05, 0.1) is 6.61 Å². The second-order valence-corrected chi connectivity index (χ2v) is 4.27. The summed E-state index contributed by atoms with van der Waals surface area (Å²) >= 11 is 1.61. The Morgan fingerprint density at radius 1 is 1.67 bits per heavy atom.